The fraction of sp³-hybridized carbons (Fsp3) is 0.500. The van der Waals surface area contributed by atoms with Gasteiger partial charge < -0.3 is 4.57 Å². The summed E-state index contributed by atoms with van der Waals surface area (Å²) in [6.07, 6.45) is 3.04. The number of halogens is 1. The van der Waals surface area contributed by atoms with E-state index in [0.29, 0.717) is 36.4 Å². The number of nitrogens with zero attached hydrogens (tertiary/aromatic N) is 2. The number of piperidine rings is 1. The standard InChI is InChI=1S/C22H30FN3O3S/c1-15-7-8-19(11-21(15)23)26-16(2)10-20(17(26)3)22(27)14-25-9-5-6-18(13-25)12-24-30(4,28)29/h7-8,10-11,18,24H,5-6,9,12-14H2,1-4H3. The number of hydrogen-bond donors (Lipinski definition) is 1. The molecule has 2 aromatic rings. The zero-order valence-corrected chi connectivity index (χ0v) is 18.9. The number of rotatable bonds is 7. The van der Waals surface area contributed by atoms with E-state index in [4.69, 9.17) is 0 Å². The maximum absolute atomic E-state index is 14.0. The highest BCUT2D eigenvalue weighted by atomic mass is 32.2. The van der Waals surface area contributed by atoms with Crippen LogP contribution in [-0.2, 0) is 10.0 Å². The second kappa shape index (κ2) is 8.99. The molecule has 1 aromatic carbocycles. The van der Waals surface area contributed by atoms with E-state index < -0.39 is 10.0 Å². The first-order valence-electron chi connectivity index (χ1n) is 10.2. The van der Waals surface area contributed by atoms with Gasteiger partial charge >= 0.3 is 0 Å². The number of aryl methyl sites for hydroxylation is 2. The Morgan fingerprint density at radius 3 is 2.63 bits per heavy atom. The first-order valence-corrected chi connectivity index (χ1v) is 12.1. The molecular formula is C22H30FN3O3S. The number of Topliss-reactive ketones (excluding diaryl/α,β-unsaturated/α-hetero) is 1. The Bertz CT molecular complexity index is 1050. The van der Waals surface area contributed by atoms with E-state index in [1.165, 1.54) is 6.07 Å². The lowest BCUT2D eigenvalue weighted by Crippen LogP contribution is -2.42. The van der Waals surface area contributed by atoms with Crippen LogP contribution in [0.3, 0.4) is 0 Å². The van der Waals surface area contributed by atoms with Gasteiger partial charge in [-0.15, -0.1) is 0 Å². The molecule has 1 saturated heterocycles. The molecule has 2 heterocycles. The van der Waals surface area contributed by atoms with Gasteiger partial charge in [0, 0.05) is 35.7 Å². The normalized spacial score (nSPS) is 18.0. The summed E-state index contributed by atoms with van der Waals surface area (Å²) in [5.41, 5.74) is 3.62. The molecule has 0 amide bonds. The molecule has 1 unspecified atom stereocenters. The maximum atomic E-state index is 14.0. The topological polar surface area (TPSA) is 71.4 Å². The van der Waals surface area contributed by atoms with Crippen molar-refractivity contribution in [3.63, 3.8) is 0 Å². The highest BCUT2D eigenvalue weighted by Crippen LogP contribution is 2.24. The van der Waals surface area contributed by atoms with E-state index in [2.05, 4.69) is 9.62 Å². The minimum atomic E-state index is -3.21. The second-order valence-corrected chi connectivity index (χ2v) is 10.2. The van der Waals surface area contributed by atoms with E-state index in [9.17, 15) is 17.6 Å². The molecule has 1 aliphatic rings. The molecule has 3 rings (SSSR count). The van der Waals surface area contributed by atoms with Gasteiger partial charge in [0.1, 0.15) is 5.82 Å². The number of hydrogen-bond acceptors (Lipinski definition) is 4. The minimum absolute atomic E-state index is 0.0265. The van der Waals surface area contributed by atoms with Gasteiger partial charge in [-0.05, 0) is 69.8 Å². The average molecular weight is 436 g/mol. The molecule has 8 heteroatoms. The first-order chi connectivity index (χ1) is 14.0. The van der Waals surface area contributed by atoms with E-state index in [1.54, 1.807) is 13.0 Å². The Kier molecular flexibility index (Phi) is 6.79. The van der Waals surface area contributed by atoms with E-state index in [-0.39, 0.29) is 17.5 Å². The fourth-order valence-electron chi connectivity index (χ4n) is 4.18. The molecule has 6 nitrogen and oxygen atoms in total. The number of carbonyl (C=O) groups is 1. The number of likely N-dealkylation sites (tertiary alicyclic amines) is 1. The van der Waals surface area contributed by atoms with Gasteiger partial charge in [-0.2, -0.15) is 0 Å². The van der Waals surface area contributed by atoms with Crippen LogP contribution in [0.25, 0.3) is 5.69 Å². The summed E-state index contributed by atoms with van der Waals surface area (Å²) < 4.78 is 41.2. The zero-order chi connectivity index (χ0) is 22.1. The molecule has 1 aliphatic heterocycles. The van der Waals surface area contributed by atoms with E-state index >= 15 is 0 Å². The molecule has 1 N–H and O–H groups in total. The molecule has 1 aromatic heterocycles. The van der Waals surface area contributed by atoms with Crippen LogP contribution in [0, 0.1) is 32.5 Å². The van der Waals surface area contributed by atoms with Crippen LogP contribution in [0.4, 0.5) is 4.39 Å². The predicted octanol–water partition coefficient (Wildman–Crippen LogP) is 2.99. The van der Waals surface area contributed by atoms with Gasteiger partial charge in [0.15, 0.2) is 5.78 Å². The van der Waals surface area contributed by atoms with Gasteiger partial charge in [0.25, 0.3) is 0 Å². The quantitative estimate of drug-likeness (QED) is 0.679. The van der Waals surface area contributed by atoms with Crippen molar-refractivity contribution in [1.82, 2.24) is 14.2 Å². The Labute approximate surface area is 178 Å². The van der Waals surface area contributed by atoms with E-state index in [0.717, 1.165) is 37.0 Å². The molecule has 0 saturated carbocycles. The highest BCUT2D eigenvalue weighted by molar-refractivity contribution is 7.88. The fourth-order valence-corrected chi connectivity index (χ4v) is 4.72. The summed E-state index contributed by atoms with van der Waals surface area (Å²) in [5.74, 6) is -0.0437. The van der Waals surface area contributed by atoms with Crippen molar-refractivity contribution in [3.05, 3.63) is 52.6 Å². The van der Waals surface area contributed by atoms with Crippen LogP contribution in [0.5, 0.6) is 0 Å². The van der Waals surface area contributed by atoms with Crippen molar-refractivity contribution in [3.8, 4) is 5.69 Å². The Hall–Kier alpha value is -2.03. The van der Waals surface area contributed by atoms with Crippen molar-refractivity contribution in [2.45, 2.75) is 33.6 Å². The number of benzene rings is 1. The predicted molar refractivity (Wildman–Crippen MR) is 116 cm³/mol. The Morgan fingerprint density at radius 2 is 1.97 bits per heavy atom. The Balaban J connectivity index is 1.72. The summed E-state index contributed by atoms with van der Waals surface area (Å²) in [6.45, 7) is 7.72. The summed E-state index contributed by atoms with van der Waals surface area (Å²) in [6, 6.07) is 6.95. The number of carbonyl (C=O) groups excluding carboxylic acids is 1. The number of ketones is 1. The summed E-state index contributed by atoms with van der Waals surface area (Å²) in [4.78, 5) is 15.1. The van der Waals surface area contributed by atoms with Crippen molar-refractivity contribution < 1.29 is 17.6 Å². The number of sulfonamides is 1. The molecule has 1 fully saturated rings. The van der Waals surface area contributed by atoms with Crippen molar-refractivity contribution in [2.75, 3.05) is 32.4 Å². The molecule has 0 radical (unpaired) electrons. The third-order valence-corrected chi connectivity index (χ3v) is 6.44. The van der Waals surface area contributed by atoms with Crippen LogP contribution in [0.15, 0.2) is 24.3 Å². The van der Waals surface area contributed by atoms with Gasteiger partial charge in [-0.3, -0.25) is 9.69 Å². The lowest BCUT2D eigenvalue weighted by atomic mass is 9.98. The molecule has 0 bridgehead atoms. The van der Waals surface area contributed by atoms with Gasteiger partial charge in [-0.25, -0.2) is 17.5 Å². The van der Waals surface area contributed by atoms with Crippen LogP contribution in [-0.4, -0.2) is 56.1 Å². The van der Waals surface area contributed by atoms with E-state index in [1.807, 2.05) is 30.5 Å². The monoisotopic (exact) mass is 435 g/mol. The largest absolute Gasteiger partial charge is 0.318 e. The third kappa shape index (κ3) is 5.36. The molecular weight excluding hydrogens is 405 g/mol. The van der Waals surface area contributed by atoms with Crippen molar-refractivity contribution in [2.24, 2.45) is 5.92 Å². The lowest BCUT2D eigenvalue weighted by molar-refractivity contribution is 0.0887. The second-order valence-electron chi connectivity index (χ2n) is 8.34. The summed E-state index contributed by atoms with van der Waals surface area (Å²) in [5, 5.41) is 0. The molecule has 0 aliphatic carbocycles. The summed E-state index contributed by atoms with van der Waals surface area (Å²) >= 11 is 0. The first kappa shape index (κ1) is 22.7. The number of aromatic nitrogens is 1. The van der Waals surface area contributed by atoms with Crippen LogP contribution in [0.1, 0.15) is 40.2 Å². The van der Waals surface area contributed by atoms with Crippen LogP contribution >= 0.6 is 0 Å². The molecule has 1 atom stereocenters. The molecule has 30 heavy (non-hydrogen) atoms. The van der Waals surface area contributed by atoms with Crippen LogP contribution < -0.4 is 4.72 Å². The highest BCUT2D eigenvalue weighted by Gasteiger charge is 2.24. The lowest BCUT2D eigenvalue weighted by Gasteiger charge is -2.32. The zero-order valence-electron chi connectivity index (χ0n) is 18.0. The number of nitrogens with one attached hydrogen (secondary N) is 1. The summed E-state index contributed by atoms with van der Waals surface area (Å²) in [7, 11) is -3.21. The maximum Gasteiger partial charge on any atom is 0.208 e. The molecule has 0 spiro atoms. The SMILES string of the molecule is Cc1ccc(-n2c(C)cc(C(=O)CN3CCCC(CNS(C)(=O)=O)C3)c2C)cc1F. The smallest absolute Gasteiger partial charge is 0.208 e. The van der Waals surface area contributed by atoms with Gasteiger partial charge in [0.2, 0.25) is 10.0 Å². The van der Waals surface area contributed by atoms with Gasteiger partial charge in [-0.1, -0.05) is 6.07 Å². The van der Waals surface area contributed by atoms with Crippen LogP contribution in [0.2, 0.25) is 0 Å². The average Bonchev–Trinajstić information content (AvgIpc) is 2.96. The van der Waals surface area contributed by atoms with Gasteiger partial charge in [0.05, 0.1) is 12.8 Å². The molecule has 164 valence electrons. The minimum Gasteiger partial charge on any atom is -0.318 e. The Morgan fingerprint density at radius 1 is 1.23 bits per heavy atom. The third-order valence-electron chi connectivity index (χ3n) is 5.75. The van der Waals surface area contributed by atoms with Crippen molar-refractivity contribution in [1.29, 1.82) is 0 Å². The van der Waals surface area contributed by atoms with Crippen molar-refractivity contribution >= 4 is 15.8 Å².